The van der Waals surface area contributed by atoms with E-state index in [9.17, 15) is 40.7 Å². The molecule has 0 bridgehead atoms. The van der Waals surface area contributed by atoms with Crippen LogP contribution in [-0.4, -0.2) is 26.7 Å². The van der Waals surface area contributed by atoms with Crippen molar-refractivity contribution in [3.8, 4) is 0 Å². The number of carbonyl (C=O) groups is 3. The second kappa shape index (κ2) is 11.5. The van der Waals surface area contributed by atoms with Gasteiger partial charge in [0.05, 0.1) is 17.2 Å². The van der Waals surface area contributed by atoms with Crippen molar-refractivity contribution in [2.75, 3.05) is 0 Å². The lowest BCUT2D eigenvalue weighted by Crippen LogP contribution is -2.49. The van der Waals surface area contributed by atoms with Crippen LogP contribution >= 0.6 is 0 Å². The predicted octanol–water partition coefficient (Wildman–Crippen LogP) is 5.46. The molecule has 0 aromatic heterocycles. The van der Waals surface area contributed by atoms with Crippen LogP contribution in [-0.2, 0) is 46.4 Å². The largest absolute Gasteiger partial charge is 0.705 e. The number of unbranched alkanes of at least 4 members (excludes halogenated alkanes) is 3. The van der Waals surface area contributed by atoms with Gasteiger partial charge in [-0.25, -0.2) is 0 Å². The van der Waals surface area contributed by atoms with Crippen LogP contribution in [0.1, 0.15) is 63.1 Å². The van der Waals surface area contributed by atoms with Crippen molar-refractivity contribution in [1.29, 1.82) is 0 Å². The van der Waals surface area contributed by atoms with E-state index in [1.54, 1.807) is 0 Å². The Hall–Kier alpha value is -2.57. The number of halogens is 6. The summed E-state index contributed by atoms with van der Waals surface area (Å²) in [7, 11) is -3.96. The van der Waals surface area contributed by atoms with Crippen LogP contribution in [0.25, 0.3) is 0 Å². The predicted molar refractivity (Wildman–Crippen MR) is 104 cm³/mol. The molecule has 0 heterocycles. The standard InChI is InChI=1S/C20H24F6O6Si/c1-13(27)30-33(31-14(2)28,32-15(3)29)9-7-5-4-6-8-16-10-17(19(21,22)23)12-18(11-16)20(24,25)26/h10-12H,4-9H2,1-3H3. The van der Waals surface area contributed by atoms with E-state index < -0.39 is 50.2 Å². The fourth-order valence-electron chi connectivity index (χ4n) is 3.06. The molecule has 0 spiro atoms. The van der Waals surface area contributed by atoms with Crippen molar-refractivity contribution in [3.05, 3.63) is 34.9 Å². The van der Waals surface area contributed by atoms with Gasteiger partial charge in [-0.15, -0.1) is 0 Å². The molecule has 6 nitrogen and oxygen atoms in total. The minimum absolute atomic E-state index is 0.0204. The number of aryl methyl sites for hydroxylation is 1. The zero-order valence-corrected chi connectivity index (χ0v) is 19.2. The molecule has 33 heavy (non-hydrogen) atoms. The van der Waals surface area contributed by atoms with Gasteiger partial charge in [-0.05, 0) is 43.0 Å². The average molecular weight is 502 g/mol. The van der Waals surface area contributed by atoms with Crippen LogP contribution in [0.3, 0.4) is 0 Å². The number of hydrogen-bond donors (Lipinski definition) is 0. The quantitative estimate of drug-likeness (QED) is 0.240. The van der Waals surface area contributed by atoms with E-state index in [-0.39, 0.29) is 36.9 Å². The van der Waals surface area contributed by atoms with Crippen LogP contribution in [0.2, 0.25) is 6.04 Å². The summed E-state index contributed by atoms with van der Waals surface area (Å²) in [6.45, 7) is 3.16. The van der Waals surface area contributed by atoms with E-state index >= 15 is 0 Å². The monoisotopic (exact) mass is 502 g/mol. The van der Waals surface area contributed by atoms with Gasteiger partial charge in [-0.3, -0.25) is 14.4 Å². The van der Waals surface area contributed by atoms with Gasteiger partial charge < -0.3 is 13.3 Å². The van der Waals surface area contributed by atoms with E-state index in [0.29, 0.717) is 25.0 Å². The summed E-state index contributed by atoms with van der Waals surface area (Å²) >= 11 is 0. The van der Waals surface area contributed by atoms with Gasteiger partial charge in [0, 0.05) is 20.8 Å². The zero-order valence-electron chi connectivity index (χ0n) is 18.2. The van der Waals surface area contributed by atoms with Gasteiger partial charge in [-0.1, -0.05) is 12.8 Å². The van der Waals surface area contributed by atoms with Crippen LogP contribution in [0.5, 0.6) is 0 Å². The molecule has 0 N–H and O–H groups in total. The third-order valence-corrected chi connectivity index (χ3v) is 7.00. The Bertz CT molecular complexity index is 779. The van der Waals surface area contributed by atoms with E-state index in [2.05, 4.69) is 0 Å². The highest BCUT2D eigenvalue weighted by Gasteiger charge is 2.51. The molecule has 0 aliphatic carbocycles. The Labute approximate surface area is 187 Å². The molecule has 13 heteroatoms. The highest BCUT2D eigenvalue weighted by molar-refractivity contribution is 6.65. The molecule has 0 saturated carbocycles. The minimum Gasteiger partial charge on any atom is -0.455 e. The molecule has 0 atom stereocenters. The number of alkyl halides is 6. The fraction of sp³-hybridized carbons (Fsp3) is 0.550. The molecular weight excluding hydrogens is 478 g/mol. The molecule has 0 saturated heterocycles. The van der Waals surface area contributed by atoms with Gasteiger partial charge in [0.1, 0.15) is 0 Å². The highest BCUT2D eigenvalue weighted by atomic mass is 28.4. The SMILES string of the molecule is CC(=O)O[Si](CCCCCCc1cc(C(F)(F)F)cc(C(F)(F)F)c1)(OC(C)=O)OC(C)=O. The highest BCUT2D eigenvalue weighted by Crippen LogP contribution is 2.36. The molecular formula is C20H24F6O6Si. The van der Waals surface area contributed by atoms with Crippen LogP contribution in [0.4, 0.5) is 26.3 Å². The van der Waals surface area contributed by atoms with Gasteiger partial charge in [-0.2, -0.15) is 26.3 Å². The molecule has 0 amide bonds. The van der Waals surface area contributed by atoms with Crippen molar-refractivity contribution in [3.63, 3.8) is 0 Å². The fourth-order valence-corrected chi connectivity index (χ4v) is 5.49. The summed E-state index contributed by atoms with van der Waals surface area (Å²) in [6, 6.07) is 1.39. The molecule has 1 aromatic carbocycles. The molecule has 0 fully saturated rings. The number of benzene rings is 1. The number of carbonyl (C=O) groups excluding carboxylic acids is 3. The van der Waals surface area contributed by atoms with Gasteiger partial charge in [0.25, 0.3) is 17.9 Å². The van der Waals surface area contributed by atoms with E-state index in [0.717, 1.165) is 20.8 Å². The van der Waals surface area contributed by atoms with Crippen molar-refractivity contribution < 1.29 is 54.0 Å². The van der Waals surface area contributed by atoms with Crippen molar-refractivity contribution in [1.82, 2.24) is 0 Å². The summed E-state index contributed by atoms with van der Waals surface area (Å²) in [5.74, 6) is -2.43. The first-order valence-electron chi connectivity index (χ1n) is 9.91. The van der Waals surface area contributed by atoms with E-state index in [4.69, 9.17) is 13.3 Å². The molecule has 186 valence electrons. The lowest BCUT2D eigenvalue weighted by Gasteiger charge is -2.26. The Morgan fingerprint density at radius 1 is 0.697 bits per heavy atom. The molecule has 0 radical (unpaired) electrons. The lowest BCUT2D eigenvalue weighted by atomic mass is 10.00. The van der Waals surface area contributed by atoms with Crippen LogP contribution < -0.4 is 0 Å². The minimum atomic E-state index is -4.91. The smallest absolute Gasteiger partial charge is 0.455 e. The maximum absolute atomic E-state index is 12.9. The average Bonchev–Trinajstić information content (AvgIpc) is 2.61. The molecule has 0 aliphatic heterocycles. The third-order valence-electron chi connectivity index (χ3n) is 4.24. The topological polar surface area (TPSA) is 78.9 Å². The van der Waals surface area contributed by atoms with Gasteiger partial charge in [0.2, 0.25) is 0 Å². The van der Waals surface area contributed by atoms with Gasteiger partial charge >= 0.3 is 21.2 Å². The third kappa shape index (κ3) is 10.3. The second-order valence-electron chi connectivity index (χ2n) is 7.29. The first kappa shape index (κ1) is 28.5. The maximum Gasteiger partial charge on any atom is 0.705 e. The van der Waals surface area contributed by atoms with Crippen molar-refractivity contribution in [2.24, 2.45) is 0 Å². The van der Waals surface area contributed by atoms with Crippen LogP contribution in [0.15, 0.2) is 18.2 Å². The lowest BCUT2D eigenvalue weighted by molar-refractivity contribution is -0.148. The first-order chi connectivity index (χ1) is 15.0. The Kier molecular flexibility index (Phi) is 9.94. The summed E-state index contributed by atoms with van der Waals surface area (Å²) in [6.07, 6.45) is -8.47. The first-order valence-corrected chi connectivity index (χ1v) is 11.8. The maximum atomic E-state index is 12.9. The zero-order chi connectivity index (χ0) is 25.4. The summed E-state index contributed by atoms with van der Waals surface area (Å²) < 4.78 is 92.7. The Morgan fingerprint density at radius 2 is 1.09 bits per heavy atom. The van der Waals surface area contributed by atoms with Crippen molar-refractivity contribution in [2.45, 2.75) is 71.3 Å². The summed E-state index contributed by atoms with van der Waals surface area (Å²) in [5, 5.41) is 0. The van der Waals surface area contributed by atoms with Gasteiger partial charge in [0.15, 0.2) is 0 Å². The second-order valence-corrected chi connectivity index (χ2v) is 9.77. The van der Waals surface area contributed by atoms with E-state index in [1.807, 2.05) is 0 Å². The van der Waals surface area contributed by atoms with E-state index in [1.165, 1.54) is 0 Å². The van der Waals surface area contributed by atoms with Crippen LogP contribution in [0, 0.1) is 0 Å². The number of rotatable bonds is 10. The van der Waals surface area contributed by atoms with Crippen molar-refractivity contribution >= 4 is 26.7 Å². The summed E-state index contributed by atoms with van der Waals surface area (Å²) in [5.41, 5.74) is -2.83. The molecule has 0 aliphatic rings. The Morgan fingerprint density at radius 3 is 1.45 bits per heavy atom. The molecule has 1 aromatic rings. The number of hydrogen-bond acceptors (Lipinski definition) is 6. The molecule has 1 rings (SSSR count). The Balaban J connectivity index is 2.75. The summed E-state index contributed by atoms with van der Waals surface area (Å²) in [4.78, 5) is 34.1. The molecule has 0 unspecified atom stereocenters. The normalized spacial score (nSPS) is 12.3.